The van der Waals surface area contributed by atoms with Gasteiger partial charge in [0.1, 0.15) is 12.4 Å². The van der Waals surface area contributed by atoms with Crippen LogP contribution in [-0.2, 0) is 4.79 Å². The molecule has 2 N–H and O–H groups in total. The van der Waals surface area contributed by atoms with Crippen LogP contribution in [-0.4, -0.2) is 41.0 Å². The zero-order chi connectivity index (χ0) is 19.7. The van der Waals surface area contributed by atoms with E-state index in [1.807, 2.05) is 6.07 Å². The molecule has 4 rings (SSSR count). The molecule has 0 aromatic heterocycles. The highest BCUT2D eigenvalue weighted by molar-refractivity contribution is 5.99. The summed E-state index contributed by atoms with van der Waals surface area (Å²) in [4.78, 5) is 25.4. The van der Waals surface area contributed by atoms with Crippen molar-refractivity contribution < 1.29 is 19.1 Å². The summed E-state index contributed by atoms with van der Waals surface area (Å²) < 4.78 is 14.9. The lowest BCUT2D eigenvalue weighted by Crippen LogP contribution is -2.44. The molecule has 2 saturated carbocycles. The second-order valence-electron chi connectivity index (χ2n) is 8.63. The molecule has 6 heteroatoms. The topological polar surface area (TPSA) is 69.6 Å². The first-order valence-electron chi connectivity index (χ1n) is 10.6. The largest absolute Gasteiger partial charge is 0.480 e. The molecule has 0 spiro atoms. The van der Waals surface area contributed by atoms with Crippen LogP contribution in [0.4, 0.5) is 10.1 Å². The molecule has 1 aliphatic heterocycles. The number of carboxylic acid groups (broad SMARTS) is 1. The van der Waals surface area contributed by atoms with E-state index in [9.17, 15) is 19.1 Å². The Morgan fingerprint density at radius 3 is 2.46 bits per heavy atom. The second kappa shape index (κ2) is 8.10. The molecule has 1 heterocycles. The highest BCUT2D eigenvalue weighted by Crippen LogP contribution is 2.43. The maximum Gasteiger partial charge on any atom is 0.323 e. The highest BCUT2D eigenvalue weighted by Gasteiger charge is 2.38. The van der Waals surface area contributed by atoms with E-state index >= 15 is 0 Å². The van der Waals surface area contributed by atoms with Crippen LogP contribution in [0.15, 0.2) is 12.1 Å². The fourth-order valence-electron chi connectivity index (χ4n) is 5.31. The van der Waals surface area contributed by atoms with Gasteiger partial charge >= 0.3 is 5.97 Å². The predicted molar refractivity (Wildman–Crippen MR) is 105 cm³/mol. The van der Waals surface area contributed by atoms with E-state index in [-0.39, 0.29) is 24.4 Å². The molecule has 1 amide bonds. The van der Waals surface area contributed by atoms with Gasteiger partial charge in [0.15, 0.2) is 0 Å². The summed E-state index contributed by atoms with van der Waals surface area (Å²) in [6.07, 6.45) is 10.2. The third-order valence-electron chi connectivity index (χ3n) is 6.73. The van der Waals surface area contributed by atoms with Crippen LogP contribution in [0.3, 0.4) is 0 Å². The lowest BCUT2D eigenvalue weighted by Gasteiger charge is -2.37. The molecule has 2 fully saturated rings. The zero-order valence-corrected chi connectivity index (χ0v) is 16.3. The molecule has 3 aliphatic rings. The number of benzene rings is 1. The van der Waals surface area contributed by atoms with Crippen LogP contribution in [0, 0.1) is 11.7 Å². The highest BCUT2D eigenvalue weighted by atomic mass is 19.1. The number of aliphatic carboxylic acids is 1. The van der Waals surface area contributed by atoms with Gasteiger partial charge in [0.2, 0.25) is 0 Å². The van der Waals surface area contributed by atoms with E-state index in [1.54, 1.807) is 0 Å². The van der Waals surface area contributed by atoms with Crippen molar-refractivity contribution >= 4 is 17.6 Å². The van der Waals surface area contributed by atoms with Crippen molar-refractivity contribution in [2.45, 2.75) is 69.7 Å². The van der Waals surface area contributed by atoms with E-state index in [1.165, 1.54) is 17.4 Å². The molecular formula is C22H29FN2O3. The van der Waals surface area contributed by atoms with Crippen LogP contribution in [0.2, 0.25) is 0 Å². The number of carbonyl (C=O) groups is 2. The first-order valence-corrected chi connectivity index (χ1v) is 10.6. The number of hydrogen-bond donors (Lipinski definition) is 2. The van der Waals surface area contributed by atoms with Gasteiger partial charge in [0.05, 0.1) is 5.69 Å². The molecule has 1 aromatic carbocycles. The molecule has 28 heavy (non-hydrogen) atoms. The van der Waals surface area contributed by atoms with Gasteiger partial charge in [-0.3, -0.25) is 9.59 Å². The number of halogens is 1. The smallest absolute Gasteiger partial charge is 0.323 e. The Balaban J connectivity index is 1.67. The van der Waals surface area contributed by atoms with Crippen LogP contribution in [0.1, 0.15) is 79.6 Å². The number of hydrogen-bond acceptors (Lipinski definition) is 3. The van der Waals surface area contributed by atoms with Gasteiger partial charge in [-0.25, -0.2) is 4.39 Å². The van der Waals surface area contributed by atoms with Gasteiger partial charge in [-0.05, 0) is 49.3 Å². The number of anilines is 1. The Bertz CT molecular complexity index is 754. The third kappa shape index (κ3) is 3.87. The van der Waals surface area contributed by atoms with Crippen molar-refractivity contribution in [2.75, 3.05) is 18.4 Å². The van der Waals surface area contributed by atoms with Gasteiger partial charge in [0, 0.05) is 24.1 Å². The number of rotatable bonds is 5. The van der Waals surface area contributed by atoms with E-state index in [0.717, 1.165) is 56.9 Å². The molecule has 1 aromatic rings. The Hall–Kier alpha value is -2.11. The maximum atomic E-state index is 14.9. The third-order valence-corrected chi connectivity index (χ3v) is 6.73. The number of carbonyl (C=O) groups excluding carboxylic acids is 1. The molecule has 0 bridgehead atoms. The summed E-state index contributed by atoms with van der Waals surface area (Å²) in [5.74, 6) is -1.30. The van der Waals surface area contributed by atoms with Gasteiger partial charge < -0.3 is 15.3 Å². The number of carboxylic acids is 1. The molecular weight excluding hydrogens is 359 g/mol. The van der Waals surface area contributed by atoms with Gasteiger partial charge in [0.25, 0.3) is 5.91 Å². The van der Waals surface area contributed by atoms with Crippen LogP contribution < -0.4 is 5.32 Å². The Morgan fingerprint density at radius 2 is 1.79 bits per heavy atom. The van der Waals surface area contributed by atoms with E-state index in [4.69, 9.17) is 0 Å². The number of amides is 1. The maximum absolute atomic E-state index is 14.9. The van der Waals surface area contributed by atoms with Crippen LogP contribution >= 0.6 is 0 Å². The average Bonchev–Trinajstić information content (AvgIpc) is 3.20. The number of nitrogens with zero attached hydrogens (tertiary/aromatic N) is 1. The molecule has 5 nitrogen and oxygen atoms in total. The fraction of sp³-hybridized carbons (Fsp3) is 0.636. The molecule has 0 radical (unpaired) electrons. The van der Waals surface area contributed by atoms with Crippen molar-refractivity contribution in [2.24, 2.45) is 5.92 Å². The lowest BCUT2D eigenvalue weighted by molar-refractivity contribution is -0.137. The summed E-state index contributed by atoms with van der Waals surface area (Å²) in [6.45, 7) is 0.0858. The molecule has 152 valence electrons. The molecule has 0 saturated heterocycles. The van der Waals surface area contributed by atoms with Crippen molar-refractivity contribution in [1.29, 1.82) is 0 Å². The summed E-state index contributed by atoms with van der Waals surface area (Å²) >= 11 is 0. The summed E-state index contributed by atoms with van der Waals surface area (Å²) in [7, 11) is 0. The normalized spacial score (nSPS) is 23.7. The van der Waals surface area contributed by atoms with Crippen molar-refractivity contribution in [3.05, 3.63) is 29.1 Å². The first-order chi connectivity index (χ1) is 13.5. The van der Waals surface area contributed by atoms with Gasteiger partial charge in [-0.2, -0.15) is 0 Å². The standard InChI is InChI=1S/C22H29FN2O3/c23-19-10-17-16(11-20(19)24-15-8-2-1-3-9-15)18(14-6-4-5-7-14)12-25(22(17)28)13-21(26)27/h10-11,14-15,18,24H,1-9,12-13H2,(H,26,27). The minimum absolute atomic E-state index is 0.0852. The monoisotopic (exact) mass is 388 g/mol. The van der Waals surface area contributed by atoms with Gasteiger partial charge in [-0.1, -0.05) is 32.1 Å². The zero-order valence-electron chi connectivity index (χ0n) is 16.3. The Morgan fingerprint density at radius 1 is 1.11 bits per heavy atom. The summed E-state index contributed by atoms with van der Waals surface area (Å²) in [5, 5.41) is 12.6. The number of nitrogens with one attached hydrogen (secondary N) is 1. The summed E-state index contributed by atoms with van der Waals surface area (Å²) in [5.41, 5.74) is 1.74. The molecule has 1 atom stereocenters. The van der Waals surface area contributed by atoms with Crippen LogP contribution in [0.25, 0.3) is 0 Å². The van der Waals surface area contributed by atoms with Crippen molar-refractivity contribution in [1.82, 2.24) is 4.90 Å². The minimum Gasteiger partial charge on any atom is -0.480 e. The predicted octanol–water partition coefficient (Wildman–Crippen LogP) is 4.38. The quantitative estimate of drug-likeness (QED) is 0.785. The average molecular weight is 388 g/mol. The van der Waals surface area contributed by atoms with Crippen molar-refractivity contribution in [3.63, 3.8) is 0 Å². The minimum atomic E-state index is -1.03. The molecule has 1 unspecified atom stereocenters. The van der Waals surface area contributed by atoms with Crippen LogP contribution in [0.5, 0.6) is 0 Å². The SMILES string of the molecule is O=C(O)CN1CC(C2CCCC2)c2cc(NC3CCCCC3)c(F)cc2C1=O. The molecule has 2 aliphatic carbocycles. The van der Waals surface area contributed by atoms with Gasteiger partial charge in [-0.15, -0.1) is 0 Å². The second-order valence-corrected chi connectivity index (χ2v) is 8.63. The first kappa shape index (κ1) is 19.2. The summed E-state index contributed by atoms with van der Waals surface area (Å²) in [6, 6.07) is 3.46. The lowest BCUT2D eigenvalue weighted by atomic mass is 9.79. The number of fused-ring (bicyclic) bond motifs is 1. The Kier molecular flexibility index (Phi) is 5.56. The van der Waals surface area contributed by atoms with E-state index < -0.39 is 11.8 Å². The van der Waals surface area contributed by atoms with E-state index in [2.05, 4.69) is 5.32 Å². The van der Waals surface area contributed by atoms with Crippen molar-refractivity contribution in [3.8, 4) is 0 Å². The van der Waals surface area contributed by atoms with E-state index in [0.29, 0.717) is 23.7 Å². The fourth-order valence-corrected chi connectivity index (χ4v) is 5.31. The Labute approximate surface area is 165 Å².